The molecule has 1 aromatic carbocycles. The van der Waals surface area contributed by atoms with E-state index in [2.05, 4.69) is 52.0 Å². The van der Waals surface area contributed by atoms with Crippen LogP contribution in [0.2, 0.25) is 0 Å². The normalized spacial score (nSPS) is 18.7. The second-order valence-electron chi connectivity index (χ2n) is 6.39. The number of aromatic nitrogens is 1. The molecule has 0 aliphatic carbocycles. The van der Waals surface area contributed by atoms with Gasteiger partial charge in [0, 0.05) is 22.6 Å². The van der Waals surface area contributed by atoms with Crippen LogP contribution in [-0.4, -0.2) is 23.7 Å². The van der Waals surface area contributed by atoms with Crippen molar-refractivity contribution < 1.29 is 9.26 Å². The molecule has 1 atom stereocenters. The van der Waals surface area contributed by atoms with Gasteiger partial charge in [-0.25, -0.2) is 0 Å². The van der Waals surface area contributed by atoms with Gasteiger partial charge in [0.15, 0.2) is 5.76 Å². The molecular weight excluding hydrogens is 356 g/mol. The predicted molar refractivity (Wildman–Crippen MR) is 93.7 cm³/mol. The summed E-state index contributed by atoms with van der Waals surface area (Å²) in [6.07, 6.45) is 2.29. The molecule has 0 N–H and O–H groups in total. The molecule has 124 valence electrons. The minimum Gasteiger partial charge on any atom is -0.496 e. The summed E-state index contributed by atoms with van der Waals surface area (Å²) in [4.78, 5) is 2.45. The van der Waals surface area contributed by atoms with Gasteiger partial charge in [0.2, 0.25) is 0 Å². The SMILES string of the molecule is COc1ccc(Br)cc1CN1CCC[C@@H]1c1cc(C(C)C)no1. The minimum absolute atomic E-state index is 0.304. The van der Waals surface area contributed by atoms with Crippen LogP contribution in [-0.2, 0) is 6.54 Å². The van der Waals surface area contributed by atoms with Crippen LogP contribution >= 0.6 is 15.9 Å². The Balaban J connectivity index is 1.80. The largest absolute Gasteiger partial charge is 0.496 e. The summed E-state index contributed by atoms with van der Waals surface area (Å²) in [5, 5.41) is 4.22. The van der Waals surface area contributed by atoms with Crippen LogP contribution in [0, 0.1) is 0 Å². The van der Waals surface area contributed by atoms with Crippen molar-refractivity contribution in [3.05, 3.63) is 45.8 Å². The number of benzene rings is 1. The lowest BCUT2D eigenvalue weighted by Crippen LogP contribution is -2.22. The zero-order valence-corrected chi connectivity index (χ0v) is 15.5. The van der Waals surface area contributed by atoms with Gasteiger partial charge in [-0.3, -0.25) is 4.90 Å². The summed E-state index contributed by atoms with van der Waals surface area (Å²) in [6, 6.07) is 8.57. The van der Waals surface area contributed by atoms with Gasteiger partial charge in [0.1, 0.15) is 5.75 Å². The molecule has 1 fully saturated rings. The number of hydrogen-bond donors (Lipinski definition) is 0. The number of nitrogens with zero attached hydrogens (tertiary/aromatic N) is 2. The number of halogens is 1. The molecule has 0 spiro atoms. The first-order valence-corrected chi connectivity index (χ1v) is 8.90. The van der Waals surface area contributed by atoms with Crippen LogP contribution in [0.4, 0.5) is 0 Å². The zero-order chi connectivity index (χ0) is 16.4. The second-order valence-corrected chi connectivity index (χ2v) is 7.31. The Hall–Kier alpha value is -1.33. The average Bonchev–Trinajstić information content (AvgIpc) is 3.16. The van der Waals surface area contributed by atoms with Gasteiger partial charge in [0.25, 0.3) is 0 Å². The molecule has 0 saturated carbocycles. The topological polar surface area (TPSA) is 38.5 Å². The molecule has 0 unspecified atom stereocenters. The van der Waals surface area contributed by atoms with E-state index in [1.807, 2.05) is 12.1 Å². The summed E-state index contributed by atoms with van der Waals surface area (Å²) < 4.78 is 12.2. The van der Waals surface area contributed by atoms with Gasteiger partial charge in [-0.05, 0) is 43.5 Å². The van der Waals surface area contributed by atoms with Crippen molar-refractivity contribution in [2.75, 3.05) is 13.7 Å². The molecule has 3 rings (SSSR count). The van der Waals surface area contributed by atoms with Crippen molar-refractivity contribution in [3.63, 3.8) is 0 Å². The molecule has 23 heavy (non-hydrogen) atoms. The highest BCUT2D eigenvalue weighted by Gasteiger charge is 2.30. The highest BCUT2D eigenvalue weighted by Crippen LogP contribution is 2.36. The third-order valence-electron chi connectivity index (χ3n) is 4.45. The van der Waals surface area contributed by atoms with Gasteiger partial charge < -0.3 is 9.26 Å². The van der Waals surface area contributed by atoms with E-state index in [-0.39, 0.29) is 0 Å². The van der Waals surface area contributed by atoms with Crippen molar-refractivity contribution in [3.8, 4) is 5.75 Å². The van der Waals surface area contributed by atoms with Gasteiger partial charge in [-0.15, -0.1) is 0 Å². The number of hydrogen-bond acceptors (Lipinski definition) is 4. The molecule has 0 bridgehead atoms. The first-order valence-electron chi connectivity index (χ1n) is 8.11. The van der Waals surface area contributed by atoms with E-state index in [4.69, 9.17) is 9.26 Å². The number of methoxy groups -OCH3 is 1. The maximum absolute atomic E-state index is 5.63. The highest BCUT2D eigenvalue weighted by molar-refractivity contribution is 9.10. The molecular formula is C18H23BrN2O2. The average molecular weight is 379 g/mol. The maximum Gasteiger partial charge on any atom is 0.154 e. The van der Waals surface area contributed by atoms with E-state index in [1.54, 1.807) is 7.11 Å². The molecule has 1 saturated heterocycles. The molecule has 4 nitrogen and oxygen atoms in total. The van der Waals surface area contributed by atoms with Gasteiger partial charge in [0.05, 0.1) is 18.8 Å². The molecule has 2 aromatic rings. The Bertz CT molecular complexity index is 669. The van der Waals surface area contributed by atoms with Crippen molar-refractivity contribution in [2.24, 2.45) is 0 Å². The van der Waals surface area contributed by atoms with Gasteiger partial charge in [-0.2, -0.15) is 0 Å². The van der Waals surface area contributed by atoms with E-state index in [1.165, 1.54) is 12.0 Å². The lowest BCUT2D eigenvalue weighted by atomic mass is 10.1. The van der Waals surface area contributed by atoms with E-state index in [0.29, 0.717) is 12.0 Å². The number of likely N-dealkylation sites (tertiary alicyclic amines) is 1. The van der Waals surface area contributed by atoms with Gasteiger partial charge in [-0.1, -0.05) is 34.9 Å². The quantitative estimate of drug-likeness (QED) is 0.740. The van der Waals surface area contributed by atoms with Crippen LogP contribution in [0.5, 0.6) is 5.75 Å². The van der Waals surface area contributed by atoms with Crippen LogP contribution < -0.4 is 4.74 Å². The van der Waals surface area contributed by atoms with Crippen molar-refractivity contribution in [2.45, 2.75) is 45.2 Å². The zero-order valence-electron chi connectivity index (χ0n) is 13.9. The Morgan fingerprint density at radius 3 is 2.91 bits per heavy atom. The predicted octanol–water partition coefficient (Wildman–Crippen LogP) is 4.91. The summed E-state index contributed by atoms with van der Waals surface area (Å²) >= 11 is 3.55. The van der Waals surface area contributed by atoms with Crippen molar-refractivity contribution in [1.82, 2.24) is 10.1 Å². The lowest BCUT2D eigenvalue weighted by Gasteiger charge is -2.23. The Labute approximate surface area is 145 Å². The fourth-order valence-electron chi connectivity index (χ4n) is 3.16. The smallest absolute Gasteiger partial charge is 0.154 e. The summed E-state index contributed by atoms with van der Waals surface area (Å²) in [7, 11) is 1.72. The first-order chi connectivity index (χ1) is 11.1. The Morgan fingerprint density at radius 2 is 2.22 bits per heavy atom. The number of rotatable bonds is 5. The minimum atomic E-state index is 0.304. The second kappa shape index (κ2) is 7.05. The third kappa shape index (κ3) is 3.61. The summed E-state index contributed by atoms with van der Waals surface area (Å²) in [5.74, 6) is 2.31. The first kappa shape index (κ1) is 16.5. The van der Waals surface area contributed by atoms with Crippen molar-refractivity contribution >= 4 is 15.9 Å². The monoisotopic (exact) mass is 378 g/mol. The fourth-order valence-corrected chi connectivity index (χ4v) is 3.57. The molecule has 1 aromatic heterocycles. The molecule has 2 heterocycles. The van der Waals surface area contributed by atoms with E-state index in [0.717, 1.165) is 41.2 Å². The van der Waals surface area contributed by atoms with Crippen LogP contribution in [0.25, 0.3) is 0 Å². The van der Waals surface area contributed by atoms with Crippen LogP contribution in [0.1, 0.15) is 55.7 Å². The van der Waals surface area contributed by atoms with Crippen LogP contribution in [0.3, 0.4) is 0 Å². The molecule has 0 radical (unpaired) electrons. The van der Waals surface area contributed by atoms with E-state index >= 15 is 0 Å². The molecule has 0 amide bonds. The van der Waals surface area contributed by atoms with E-state index in [9.17, 15) is 0 Å². The standard InChI is InChI=1S/C18H23BrN2O2/c1-12(2)15-10-18(23-20-15)16-5-4-8-21(16)11-13-9-14(19)6-7-17(13)22-3/h6-7,9-10,12,16H,4-5,8,11H2,1-3H3/t16-/m1/s1. The maximum atomic E-state index is 5.63. The third-order valence-corrected chi connectivity index (χ3v) is 4.94. The summed E-state index contributed by atoms with van der Waals surface area (Å²) in [5.41, 5.74) is 2.23. The van der Waals surface area contributed by atoms with E-state index < -0.39 is 0 Å². The lowest BCUT2D eigenvalue weighted by molar-refractivity contribution is 0.204. The molecule has 5 heteroatoms. The molecule has 1 aliphatic rings. The molecule has 1 aliphatic heterocycles. The van der Waals surface area contributed by atoms with Crippen molar-refractivity contribution in [1.29, 1.82) is 0 Å². The number of ether oxygens (including phenoxy) is 1. The van der Waals surface area contributed by atoms with Crippen LogP contribution in [0.15, 0.2) is 33.3 Å². The Kier molecular flexibility index (Phi) is 5.07. The van der Waals surface area contributed by atoms with Gasteiger partial charge >= 0.3 is 0 Å². The Morgan fingerprint density at radius 1 is 1.39 bits per heavy atom. The summed E-state index contributed by atoms with van der Waals surface area (Å²) in [6.45, 7) is 6.20. The fraction of sp³-hybridized carbons (Fsp3) is 0.500. The highest BCUT2D eigenvalue weighted by atomic mass is 79.9.